The van der Waals surface area contributed by atoms with Gasteiger partial charge in [-0.15, -0.1) is 0 Å². The number of hydrogen-bond acceptors (Lipinski definition) is 7. The number of aliphatic hydroxyl groups excluding tert-OH is 1. The van der Waals surface area contributed by atoms with Gasteiger partial charge in [0.2, 0.25) is 0 Å². The average Bonchev–Trinajstić information content (AvgIpc) is 3.22. The first-order valence-corrected chi connectivity index (χ1v) is 11.2. The second kappa shape index (κ2) is 8.55. The number of piperidine rings is 1. The fourth-order valence-corrected chi connectivity index (χ4v) is 4.79. The van der Waals surface area contributed by atoms with Crippen LogP contribution in [0, 0.1) is 0 Å². The van der Waals surface area contributed by atoms with Crippen molar-refractivity contribution >= 4 is 26.7 Å². The summed E-state index contributed by atoms with van der Waals surface area (Å²) in [7, 11) is -2.57. The smallest absolute Gasteiger partial charge is 0.265 e. The molecular weight excluding hydrogens is 408 g/mol. The van der Waals surface area contributed by atoms with Crippen LogP contribution in [-0.4, -0.2) is 39.8 Å². The first kappa shape index (κ1) is 20.5. The normalized spacial score (nSPS) is 15.3. The van der Waals surface area contributed by atoms with Crippen LogP contribution in [0.15, 0.2) is 52.0 Å². The second-order valence-electron chi connectivity index (χ2n) is 7.13. The van der Waals surface area contributed by atoms with Crippen molar-refractivity contribution in [2.24, 2.45) is 0 Å². The van der Waals surface area contributed by atoms with Crippen LogP contribution in [-0.2, 0) is 16.6 Å². The van der Waals surface area contributed by atoms with E-state index in [1.165, 1.54) is 19.2 Å². The van der Waals surface area contributed by atoms with Gasteiger partial charge in [0.25, 0.3) is 10.0 Å². The Bertz CT molecular complexity index is 1140. The molecule has 1 aliphatic heterocycles. The van der Waals surface area contributed by atoms with E-state index in [1.807, 2.05) is 0 Å². The van der Waals surface area contributed by atoms with Crippen LogP contribution in [0.2, 0.25) is 0 Å². The van der Waals surface area contributed by atoms with Crippen molar-refractivity contribution in [2.75, 3.05) is 24.9 Å². The minimum Gasteiger partial charge on any atom is -0.495 e. The molecule has 1 aliphatic rings. The maximum absolute atomic E-state index is 13.1. The van der Waals surface area contributed by atoms with Gasteiger partial charge in [-0.2, -0.15) is 0 Å². The Morgan fingerprint density at radius 1 is 1.17 bits per heavy atom. The van der Waals surface area contributed by atoms with Crippen LogP contribution in [0.3, 0.4) is 0 Å². The fraction of sp³-hybridized carbons (Fsp3) is 0.333. The Kier molecular flexibility index (Phi) is 5.85. The molecule has 0 spiro atoms. The van der Waals surface area contributed by atoms with Gasteiger partial charge in [0.05, 0.1) is 25.7 Å². The van der Waals surface area contributed by atoms with E-state index in [0.717, 1.165) is 31.3 Å². The summed E-state index contributed by atoms with van der Waals surface area (Å²) < 4.78 is 45.7. The third kappa shape index (κ3) is 4.23. The number of furan rings is 1. The molecule has 160 valence electrons. The van der Waals surface area contributed by atoms with Gasteiger partial charge in [-0.05, 0) is 55.8 Å². The van der Waals surface area contributed by atoms with Crippen LogP contribution in [0.4, 0.5) is 5.69 Å². The molecule has 3 aromatic rings. The van der Waals surface area contributed by atoms with E-state index in [0.29, 0.717) is 22.6 Å². The Morgan fingerprint density at radius 2 is 1.97 bits per heavy atom. The Morgan fingerprint density at radius 3 is 2.70 bits per heavy atom. The van der Waals surface area contributed by atoms with E-state index in [9.17, 15) is 13.5 Å². The van der Waals surface area contributed by atoms with Gasteiger partial charge in [-0.1, -0.05) is 6.07 Å². The van der Waals surface area contributed by atoms with Crippen molar-refractivity contribution in [2.45, 2.75) is 30.4 Å². The van der Waals surface area contributed by atoms with E-state index < -0.39 is 10.0 Å². The number of fused-ring (bicyclic) bond motifs is 1. The zero-order valence-corrected chi connectivity index (χ0v) is 17.4. The molecule has 8 nitrogen and oxygen atoms in total. The molecule has 30 heavy (non-hydrogen) atoms. The van der Waals surface area contributed by atoms with E-state index in [4.69, 9.17) is 13.9 Å². The van der Waals surface area contributed by atoms with Gasteiger partial charge >= 0.3 is 0 Å². The van der Waals surface area contributed by atoms with Crippen molar-refractivity contribution in [1.82, 2.24) is 5.32 Å². The maximum atomic E-state index is 13.1. The quantitative estimate of drug-likeness (QED) is 0.527. The SMILES string of the molecule is COc1ccc(CO)cc1S(=O)(=O)Nc1cc(OC2CCNCC2)c2occc2c1. The summed E-state index contributed by atoms with van der Waals surface area (Å²) in [5.74, 6) is 0.688. The summed E-state index contributed by atoms with van der Waals surface area (Å²) in [4.78, 5) is -0.0512. The number of ether oxygens (including phenoxy) is 2. The highest BCUT2D eigenvalue weighted by atomic mass is 32.2. The van der Waals surface area contributed by atoms with Crippen molar-refractivity contribution in [1.29, 1.82) is 0 Å². The van der Waals surface area contributed by atoms with Gasteiger partial charge in [0.15, 0.2) is 11.3 Å². The van der Waals surface area contributed by atoms with Gasteiger partial charge in [0, 0.05) is 11.5 Å². The Balaban J connectivity index is 1.68. The third-order valence-electron chi connectivity index (χ3n) is 5.05. The number of nitrogens with one attached hydrogen (secondary N) is 2. The molecule has 0 amide bonds. The van der Waals surface area contributed by atoms with Gasteiger partial charge in [-0.25, -0.2) is 8.42 Å². The summed E-state index contributed by atoms with van der Waals surface area (Å²) in [5.41, 5.74) is 1.40. The highest BCUT2D eigenvalue weighted by molar-refractivity contribution is 7.92. The number of sulfonamides is 1. The second-order valence-corrected chi connectivity index (χ2v) is 8.78. The first-order valence-electron chi connectivity index (χ1n) is 9.69. The maximum Gasteiger partial charge on any atom is 0.265 e. The molecule has 0 unspecified atom stereocenters. The van der Waals surface area contributed by atoms with Gasteiger partial charge in [-0.3, -0.25) is 4.72 Å². The van der Waals surface area contributed by atoms with Crippen molar-refractivity contribution in [3.8, 4) is 11.5 Å². The minimum absolute atomic E-state index is 0.0349. The molecule has 0 bridgehead atoms. The van der Waals surface area contributed by atoms with Gasteiger partial charge in [0.1, 0.15) is 16.7 Å². The van der Waals surface area contributed by atoms with Gasteiger partial charge < -0.3 is 24.3 Å². The highest BCUT2D eigenvalue weighted by Gasteiger charge is 2.23. The lowest BCUT2D eigenvalue weighted by Gasteiger charge is -2.24. The number of rotatable bonds is 7. The summed E-state index contributed by atoms with van der Waals surface area (Å²) in [6, 6.07) is 9.60. The van der Waals surface area contributed by atoms with Crippen molar-refractivity contribution < 1.29 is 27.4 Å². The summed E-state index contributed by atoms with van der Waals surface area (Å²) in [5, 5.41) is 13.4. The topological polar surface area (TPSA) is 110 Å². The van der Waals surface area contributed by atoms with E-state index >= 15 is 0 Å². The molecular formula is C21H24N2O6S. The molecule has 9 heteroatoms. The van der Waals surface area contributed by atoms with Crippen LogP contribution < -0.4 is 19.5 Å². The number of hydrogen-bond donors (Lipinski definition) is 3. The van der Waals surface area contributed by atoms with E-state index in [-0.39, 0.29) is 23.4 Å². The number of benzene rings is 2. The largest absolute Gasteiger partial charge is 0.495 e. The molecule has 4 rings (SSSR count). The van der Waals surface area contributed by atoms with Crippen LogP contribution in [0.5, 0.6) is 11.5 Å². The lowest BCUT2D eigenvalue weighted by atomic mass is 10.1. The van der Waals surface area contributed by atoms with E-state index in [1.54, 1.807) is 30.5 Å². The molecule has 1 fully saturated rings. The third-order valence-corrected chi connectivity index (χ3v) is 6.45. The van der Waals surface area contributed by atoms with Crippen LogP contribution >= 0.6 is 0 Å². The molecule has 2 heterocycles. The summed E-state index contributed by atoms with van der Waals surface area (Å²) >= 11 is 0. The lowest BCUT2D eigenvalue weighted by Crippen LogP contribution is -2.34. The molecule has 3 N–H and O–H groups in total. The predicted octanol–water partition coefficient (Wildman–Crippen LogP) is 2.87. The van der Waals surface area contributed by atoms with Crippen LogP contribution in [0.25, 0.3) is 11.0 Å². The first-order chi connectivity index (χ1) is 14.5. The molecule has 2 aromatic carbocycles. The molecule has 0 atom stereocenters. The minimum atomic E-state index is -3.97. The Hall–Kier alpha value is -2.75. The van der Waals surface area contributed by atoms with Crippen LogP contribution in [0.1, 0.15) is 18.4 Å². The lowest BCUT2D eigenvalue weighted by molar-refractivity contribution is 0.163. The average molecular weight is 432 g/mol. The standard InChI is InChI=1S/C21H24N2O6S/c1-27-18-3-2-14(13-24)10-20(18)30(25,26)23-16-11-15-6-9-28-21(15)19(12-16)29-17-4-7-22-8-5-17/h2-3,6,9-12,17,22-24H,4-5,7-8,13H2,1H3. The number of anilines is 1. The highest BCUT2D eigenvalue weighted by Crippen LogP contribution is 2.34. The van der Waals surface area contributed by atoms with E-state index in [2.05, 4.69) is 10.0 Å². The molecule has 0 aliphatic carbocycles. The number of methoxy groups -OCH3 is 1. The van der Waals surface area contributed by atoms with Crippen molar-refractivity contribution in [3.63, 3.8) is 0 Å². The van der Waals surface area contributed by atoms with Crippen molar-refractivity contribution in [3.05, 3.63) is 48.2 Å². The number of aliphatic hydroxyl groups is 1. The molecule has 1 aromatic heterocycles. The zero-order chi connectivity index (χ0) is 21.1. The summed E-state index contributed by atoms with van der Waals surface area (Å²) in [6.07, 6.45) is 3.31. The summed E-state index contributed by atoms with van der Waals surface area (Å²) in [6.45, 7) is 1.47. The molecule has 0 radical (unpaired) electrons. The zero-order valence-electron chi connectivity index (χ0n) is 16.6. The predicted molar refractivity (Wildman–Crippen MR) is 112 cm³/mol. The molecule has 1 saturated heterocycles. The Labute approximate surface area is 174 Å². The molecule has 0 saturated carbocycles. The monoisotopic (exact) mass is 432 g/mol. The fourth-order valence-electron chi connectivity index (χ4n) is 3.53.